The van der Waals surface area contributed by atoms with Crippen molar-refractivity contribution in [2.24, 2.45) is 5.92 Å². The molecule has 0 radical (unpaired) electrons. The maximum atomic E-state index is 12.2. The van der Waals surface area contributed by atoms with E-state index < -0.39 is 0 Å². The number of nitrogens with zero attached hydrogens (tertiary/aromatic N) is 1. The van der Waals surface area contributed by atoms with Crippen molar-refractivity contribution in [2.45, 2.75) is 13.8 Å². The molecule has 1 heterocycles. The highest BCUT2D eigenvalue weighted by molar-refractivity contribution is 6.29. The monoisotopic (exact) mass is 289 g/mol. The van der Waals surface area contributed by atoms with Crippen molar-refractivity contribution in [2.75, 3.05) is 6.61 Å². The normalized spacial score (nSPS) is 10.6. The van der Waals surface area contributed by atoms with Gasteiger partial charge in [0, 0.05) is 17.3 Å². The maximum Gasteiger partial charge on any atom is 0.193 e. The third kappa shape index (κ3) is 3.81. The number of ketones is 1. The molecule has 0 aliphatic rings. The number of benzene rings is 1. The van der Waals surface area contributed by atoms with Gasteiger partial charge in [0.15, 0.2) is 5.78 Å². The fourth-order valence-electron chi connectivity index (χ4n) is 1.68. The molecule has 0 atom stereocenters. The summed E-state index contributed by atoms with van der Waals surface area (Å²) >= 11 is 5.79. The van der Waals surface area contributed by atoms with Gasteiger partial charge in [-0.1, -0.05) is 25.4 Å². The number of carbonyl (C=O) groups excluding carboxylic acids is 1. The van der Waals surface area contributed by atoms with Gasteiger partial charge in [-0.3, -0.25) is 4.79 Å². The van der Waals surface area contributed by atoms with Crippen LogP contribution in [0.1, 0.15) is 29.8 Å². The topological polar surface area (TPSA) is 39.2 Å². The third-order valence-electron chi connectivity index (χ3n) is 2.69. The SMILES string of the molecule is CC(C)COc1ccc(C(=O)c2ccnc(Cl)c2)cc1. The van der Waals surface area contributed by atoms with Crippen molar-refractivity contribution in [1.82, 2.24) is 4.98 Å². The third-order valence-corrected chi connectivity index (χ3v) is 2.90. The average molecular weight is 290 g/mol. The van der Waals surface area contributed by atoms with Gasteiger partial charge in [-0.2, -0.15) is 0 Å². The predicted molar refractivity (Wildman–Crippen MR) is 79.5 cm³/mol. The van der Waals surface area contributed by atoms with Gasteiger partial charge < -0.3 is 4.74 Å². The smallest absolute Gasteiger partial charge is 0.193 e. The molecule has 0 bridgehead atoms. The van der Waals surface area contributed by atoms with Crippen LogP contribution in [0.15, 0.2) is 42.6 Å². The summed E-state index contributed by atoms with van der Waals surface area (Å²) in [6.45, 7) is 4.84. The molecule has 4 heteroatoms. The van der Waals surface area contributed by atoms with Crippen LogP contribution in [-0.4, -0.2) is 17.4 Å². The van der Waals surface area contributed by atoms with E-state index in [1.807, 2.05) is 0 Å². The fraction of sp³-hybridized carbons (Fsp3) is 0.250. The summed E-state index contributed by atoms with van der Waals surface area (Å²) < 4.78 is 5.58. The number of rotatable bonds is 5. The Morgan fingerprint density at radius 2 is 1.90 bits per heavy atom. The maximum absolute atomic E-state index is 12.2. The van der Waals surface area contributed by atoms with Crippen LogP contribution in [0.3, 0.4) is 0 Å². The van der Waals surface area contributed by atoms with Crippen LogP contribution in [0.25, 0.3) is 0 Å². The summed E-state index contributed by atoms with van der Waals surface area (Å²) in [6.07, 6.45) is 1.52. The van der Waals surface area contributed by atoms with Crippen LogP contribution in [0, 0.1) is 5.92 Å². The van der Waals surface area contributed by atoms with Crippen molar-refractivity contribution >= 4 is 17.4 Å². The summed E-state index contributed by atoms with van der Waals surface area (Å²) in [5, 5.41) is 0.313. The predicted octanol–water partition coefficient (Wildman–Crippen LogP) is 4.00. The molecule has 0 N–H and O–H groups in total. The lowest BCUT2D eigenvalue weighted by atomic mass is 10.0. The number of pyridine rings is 1. The van der Waals surface area contributed by atoms with Crippen LogP contribution < -0.4 is 4.74 Å². The summed E-state index contributed by atoms with van der Waals surface area (Å²) in [6, 6.07) is 10.3. The van der Waals surface area contributed by atoms with Crippen LogP contribution in [-0.2, 0) is 0 Å². The molecular weight excluding hydrogens is 274 g/mol. The zero-order valence-electron chi connectivity index (χ0n) is 11.5. The lowest BCUT2D eigenvalue weighted by Gasteiger charge is -2.09. The summed E-state index contributed by atoms with van der Waals surface area (Å²) in [5.41, 5.74) is 1.13. The van der Waals surface area contributed by atoms with E-state index in [-0.39, 0.29) is 5.78 Å². The Kier molecular flexibility index (Phi) is 4.74. The summed E-state index contributed by atoms with van der Waals surface area (Å²) in [7, 11) is 0. The number of aromatic nitrogens is 1. The van der Waals surface area contributed by atoms with Gasteiger partial charge >= 0.3 is 0 Å². The average Bonchev–Trinajstić information content (AvgIpc) is 2.45. The highest BCUT2D eigenvalue weighted by Crippen LogP contribution is 2.17. The zero-order chi connectivity index (χ0) is 14.5. The van der Waals surface area contributed by atoms with E-state index in [0.717, 1.165) is 5.75 Å². The van der Waals surface area contributed by atoms with E-state index in [1.165, 1.54) is 6.20 Å². The standard InChI is InChI=1S/C16H16ClNO2/c1-11(2)10-20-14-5-3-12(4-6-14)16(19)13-7-8-18-15(17)9-13/h3-9,11H,10H2,1-2H3. The Morgan fingerprint density at radius 3 is 2.50 bits per heavy atom. The van der Waals surface area contributed by atoms with E-state index in [0.29, 0.717) is 28.8 Å². The molecule has 0 unspecified atom stereocenters. The van der Waals surface area contributed by atoms with E-state index >= 15 is 0 Å². The Bertz CT molecular complexity index is 594. The molecule has 3 nitrogen and oxygen atoms in total. The molecule has 0 saturated carbocycles. The minimum atomic E-state index is -0.0790. The molecule has 104 valence electrons. The fourth-order valence-corrected chi connectivity index (χ4v) is 1.85. The highest BCUT2D eigenvalue weighted by Gasteiger charge is 2.10. The second kappa shape index (κ2) is 6.53. The minimum Gasteiger partial charge on any atom is -0.493 e. The highest BCUT2D eigenvalue weighted by atomic mass is 35.5. The molecule has 0 aliphatic heterocycles. The van der Waals surface area contributed by atoms with E-state index in [9.17, 15) is 4.79 Å². The Morgan fingerprint density at radius 1 is 1.20 bits per heavy atom. The lowest BCUT2D eigenvalue weighted by Crippen LogP contribution is -2.05. The van der Waals surface area contributed by atoms with Gasteiger partial charge in [-0.05, 0) is 42.3 Å². The molecule has 0 amide bonds. The molecule has 2 aromatic rings. The first-order chi connectivity index (χ1) is 9.56. The number of carbonyl (C=O) groups is 1. The van der Waals surface area contributed by atoms with Gasteiger partial charge in [0.25, 0.3) is 0 Å². The second-order valence-corrected chi connectivity index (χ2v) is 5.31. The van der Waals surface area contributed by atoms with Gasteiger partial charge in [0.1, 0.15) is 10.9 Å². The minimum absolute atomic E-state index is 0.0790. The Labute approximate surface area is 123 Å². The molecule has 1 aromatic heterocycles. The lowest BCUT2D eigenvalue weighted by molar-refractivity contribution is 0.103. The van der Waals surface area contributed by atoms with Crippen LogP contribution in [0.5, 0.6) is 5.75 Å². The molecule has 20 heavy (non-hydrogen) atoms. The molecule has 0 aliphatic carbocycles. The van der Waals surface area contributed by atoms with E-state index in [1.54, 1.807) is 36.4 Å². The van der Waals surface area contributed by atoms with Crippen LogP contribution in [0.4, 0.5) is 0 Å². The first-order valence-corrected chi connectivity index (χ1v) is 6.83. The van der Waals surface area contributed by atoms with Crippen LogP contribution in [0.2, 0.25) is 5.15 Å². The number of ether oxygens (including phenoxy) is 1. The van der Waals surface area contributed by atoms with Gasteiger partial charge in [0.2, 0.25) is 0 Å². The van der Waals surface area contributed by atoms with E-state index in [4.69, 9.17) is 16.3 Å². The van der Waals surface area contributed by atoms with Crippen molar-refractivity contribution in [1.29, 1.82) is 0 Å². The first kappa shape index (κ1) is 14.5. The van der Waals surface area contributed by atoms with E-state index in [2.05, 4.69) is 18.8 Å². The molecule has 0 fully saturated rings. The van der Waals surface area contributed by atoms with Crippen molar-refractivity contribution in [3.05, 3.63) is 58.9 Å². The number of halogens is 1. The molecular formula is C16H16ClNO2. The Balaban J connectivity index is 2.11. The van der Waals surface area contributed by atoms with Gasteiger partial charge in [-0.25, -0.2) is 4.98 Å². The second-order valence-electron chi connectivity index (χ2n) is 4.93. The quantitative estimate of drug-likeness (QED) is 0.617. The molecule has 1 aromatic carbocycles. The molecule has 2 rings (SSSR count). The Hall–Kier alpha value is -1.87. The van der Waals surface area contributed by atoms with Crippen molar-refractivity contribution in [3.8, 4) is 5.75 Å². The van der Waals surface area contributed by atoms with Crippen LogP contribution >= 0.6 is 11.6 Å². The first-order valence-electron chi connectivity index (χ1n) is 6.45. The largest absolute Gasteiger partial charge is 0.493 e. The number of hydrogen-bond donors (Lipinski definition) is 0. The van der Waals surface area contributed by atoms with Crippen molar-refractivity contribution in [3.63, 3.8) is 0 Å². The number of hydrogen-bond acceptors (Lipinski definition) is 3. The van der Waals surface area contributed by atoms with Gasteiger partial charge in [0.05, 0.1) is 6.61 Å². The molecule has 0 saturated heterocycles. The summed E-state index contributed by atoms with van der Waals surface area (Å²) in [5.74, 6) is 1.16. The molecule has 0 spiro atoms. The zero-order valence-corrected chi connectivity index (χ0v) is 12.2. The van der Waals surface area contributed by atoms with Crippen molar-refractivity contribution < 1.29 is 9.53 Å². The summed E-state index contributed by atoms with van der Waals surface area (Å²) in [4.78, 5) is 16.1. The van der Waals surface area contributed by atoms with Gasteiger partial charge in [-0.15, -0.1) is 0 Å².